The Bertz CT molecular complexity index is 1120. The lowest BCUT2D eigenvalue weighted by atomic mass is 9.77. The zero-order valence-corrected chi connectivity index (χ0v) is 28.3. The van der Waals surface area contributed by atoms with Crippen LogP contribution in [0.25, 0.3) is 0 Å². The summed E-state index contributed by atoms with van der Waals surface area (Å²) in [7, 11) is 3.25. The number of hydrogen-bond donors (Lipinski definition) is 0. The molecule has 1 aliphatic rings. The second-order valence-electron chi connectivity index (χ2n) is 13.2. The largest absolute Gasteiger partial charge is 0.509 e. The van der Waals surface area contributed by atoms with Gasteiger partial charge in [0.15, 0.2) is 11.5 Å². The third-order valence-electron chi connectivity index (χ3n) is 7.67. The van der Waals surface area contributed by atoms with Crippen molar-refractivity contribution in [2.75, 3.05) is 27.4 Å². The number of methoxy groups -OCH3 is 2. The molecule has 248 valence electrons. The maximum Gasteiger partial charge on any atom is 0.509 e. The third-order valence-corrected chi connectivity index (χ3v) is 7.67. The SMILES string of the molecule is C=C(C)OC(=O)N1C(=O)[C@H](C(C)C)C[C@H](OC(=O)OC(C)(C)C)[C@@H]1C[C@H](Cc1ccc(OC)c(OCCCOC)c1)C(C)C. The molecule has 0 aliphatic carbocycles. The second-order valence-corrected chi connectivity index (χ2v) is 13.2. The van der Waals surface area contributed by atoms with Crippen LogP contribution >= 0.6 is 0 Å². The predicted octanol–water partition coefficient (Wildman–Crippen LogP) is 7.18. The van der Waals surface area contributed by atoms with Crippen molar-refractivity contribution in [3.05, 3.63) is 36.1 Å². The summed E-state index contributed by atoms with van der Waals surface area (Å²) in [5.74, 6) is 0.571. The lowest BCUT2D eigenvalue weighted by Gasteiger charge is -2.44. The van der Waals surface area contributed by atoms with Crippen molar-refractivity contribution in [3.8, 4) is 11.5 Å². The molecule has 0 N–H and O–H groups in total. The minimum atomic E-state index is -0.843. The summed E-state index contributed by atoms with van der Waals surface area (Å²) < 4.78 is 33.4. The molecule has 2 rings (SSSR count). The highest BCUT2D eigenvalue weighted by Gasteiger charge is 2.49. The number of amides is 2. The molecule has 0 aromatic heterocycles. The van der Waals surface area contributed by atoms with Gasteiger partial charge in [-0.25, -0.2) is 14.5 Å². The second kappa shape index (κ2) is 16.7. The smallest absolute Gasteiger partial charge is 0.493 e. The van der Waals surface area contributed by atoms with Crippen LogP contribution in [0.5, 0.6) is 11.5 Å². The van der Waals surface area contributed by atoms with Gasteiger partial charge in [0, 0.05) is 26.1 Å². The molecule has 10 heteroatoms. The summed E-state index contributed by atoms with van der Waals surface area (Å²) in [5, 5.41) is 0. The summed E-state index contributed by atoms with van der Waals surface area (Å²) in [6.07, 6.45) is -0.451. The zero-order valence-electron chi connectivity index (χ0n) is 28.3. The minimum absolute atomic E-state index is 0.0111. The normalized spacial score (nSPS) is 19.5. The number of hydrogen-bond acceptors (Lipinski definition) is 9. The highest BCUT2D eigenvalue weighted by molar-refractivity contribution is 5.95. The van der Waals surface area contributed by atoms with Gasteiger partial charge < -0.3 is 28.4 Å². The van der Waals surface area contributed by atoms with E-state index in [1.165, 1.54) is 0 Å². The maximum absolute atomic E-state index is 13.8. The lowest BCUT2D eigenvalue weighted by molar-refractivity contribution is -0.150. The van der Waals surface area contributed by atoms with Gasteiger partial charge >= 0.3 is 12.2 Å². The Kier molecular flexibility index (Phi) is 14.0. The Hall–Kier alpha value is -3.27. The van der Waals surface area contributed by atoms with E-state index in [0.29, 0.717) is 37.6 Å². The Balaban J connectivity index is 2.47. The van der Waals surface area contributed by atoms with Crippen molar-refractivity contribution in [2.24, 2.45) is 23.7 Å². The number of carbonyl (C=O) groups excluding carboxylic acids is 3. The van der Waals surface area contributed by atoms with Crippen LogP contribution in [0.2, 0.25) is 0 Å². The Labute approximate surface area is 263 Å². The first-order chi connectivity index (χ1) is 20.6. The first kappa shape index (κ1) is 36.9. The van der Waals surface area contributed by atoms with E-state index < -0.39 is 35.9 Å². The van der Waals surface area contributed by atoms with Crippen LogP contribution < -0.4 is 9.47 Å². The number of carbonyl (C=O) groups is 3. The van der Waals surface area contributed by atoms with Crippen molar-refractivity contribution < 1.29 is 42.8 Å². The van der Waals surface area contributed by atoms with Crippen LogP contribution in [-0.4, -0.2) is 68.2 Å². The molecule has 10 nitrogen and oxygen atoms in total. The van der Waals surface area contributed by atoms with E-state index in [-0.39, 0.29) is 35.8 Å². The summed E-state index contributed by atoms with van der Waals surface area (Å²) in [6.45, 7) is 19.6. The molecular formula is C34H53NO9. The fourth-order valence-corrected chi connectivity index (χ4v) is 5.33. The van der Waals surface area contributed by atoms with Gasteiger partial charge in [0.1, 0.15) is 11.7 Å². The van der Waals surface area contributed by atoms with Crippen molar-refractivity contribution >= 4 is 18.2 Å². The molecule has 0 spiro atoms. The number of nitrogens with zero attached hydrogens (tertiary/aromatic N) is 1. The van der Waals surface area contributed by atoms with Crippen LogP contribution in [0.3, 0.4) is 0 Å². The number of piperidine rings is 1. The van der Waals surface area contributed by atoms with Crippen LogP contribution in [0, 0.1) is 23.7 Å². The van der Waals surface area contributed by atoms with E-state index in [4.69, 9.17) is 28.4 Å². The average molecular weight is 620 g/mol. The number of benzene rings is 1. The van der Waals surface area contributed by atoms with E-state index in [2.05, 4.69) is 20.4 Å². The summed E-state index contributed by atoms with van der Waals surface area (Å²) in [5.41, 5.74) is 0.236. The number of allylic oxidation sites excluding steroid dienone is 1. The molecule has 44 heavy (non-hydrogen) atoms. The van der Waals surface area contributed by atoms with E-state index in [1.54, 1.807) is 41.9 Å². The number of ether oxygens (including phenoxy) is 6. The number of likely N-dealkylation sites (tertiary alicyclic amines) is 1. The molecule has 2 amide bonds. The topological polar surface area (TPSA) is 110 Å². The highest BCUT2D eigenvalue weighted by atomic mass is 16.7. The summed E-state index contributed by atoms with van der Waals surface area (Å²) >= 11 is 0. The lowest BCUT2D eigenvalue weighted by Crippen LogP contribution is -2.60. The molecule has 1 saturated heterocycles. The summed E-state index contributed by atoms with van der Waals surface area (Å²) in [4.78, 5) is 41.3. The van der Waals surface area contributed by atoms with Gasteiger partial charge in [0.25, 0.3) is 0 Å². The zero-order chi connectivity index (χ0) is 33.2. The Morgan fingerprint density at radius 2 is 1.75 bits per heavy atom. The van der Waals surface area contributed by atoms with Gasteiger partial charge in [-0.3, -0.25) is 4.79 Å². The van der Waals surface area contributed by atoms with Crippen molar-refractivity contribution in [3.63, 3.8) is 0 Å². The molecule has 0 unspecified atom stereocenters. The van der Waals surface area contributed by atoms with Crippen LogP contribution in [0.4, 0.5) is 9.59 Å². The molecular weight excluding hydrogens is 566 g/mol. The minimum Gasteiger partial charge on any atom is -0.493 e. The van der Waals surface area contributed by atoms with Gasteiger partial charge in [-0.15, -0.1) is 0 Å². The van der Waals surface area contributed by atoms with Crippen molar-refractivity contribution in [1.82, 2.24) is 4.90 Å². The quantitative estimate of drug-likeness (QED) is 0.121. The van der Waals surface area contributed by atoms with E-state index >= 15 is 0 Å². The molecule has 1 heterocycles. The Morgan fingerprint density at radius 3 is 2.30 bits per heavy atom. The monoisotopic (exact) mass is 619 g/mol. The fourth-order valence-electron chi connectivity index (χ4n) is 5.33. The van der Waals surface area contributed by atoms with E-state index in [1.807, 2.05) is 32.0 Å². The van der Waals surface area contributed by atoms with E-state index in [0.717, 1.165) is 16.9 Å². The molecule has 0 saturated carbocycles. The van der Waals surface area contributed by atoms with E-state index in [9.17, 15) is 14.4 Å². The molecule has 1 aromatic rings. The third kappa shape index (κ3) is 11.0. The molecule has 1 aliphatic heterocycles. The number of rotatable bonds is 14. The number of imide groups is 1. The first-order valence-corrected chi connectivity index (χ1v) is 15.5. The fraction of sp³-hybridized carbons (Fsp3) is 0.676. The van der Waals surface area contributed by atoms with Crippen LogP contribution in [0.15, 0.2) is 30.5 Å². The molecule has 1 fully saturated rings. The first-order valence-electron chi connectivity index (χ1n) is 15.5. The van der Waals surface area contributed by atoms with Gasteiger partial charge in [0.2, 0.25) is 5.91 Å². The standard InChI is InChI=1S/C34H53NO9/c1-21(2)25(17-24-13-14-28(40-11)30(18-24)41-16-12-15-39-10)19-27-29(43-33(38)44-34(7,8)9)20-26(22(3)4)31(36)35(27)32(37)42-23(5)6/h13-14,18,21-22,25-27,29H,5,12,15-17,19-20H2,1-4,6-11H3/t25-,26-,27-,29-/m0/s1. The van der Waals surface area contributed by atoms with Crippen LogP contribution in [0.1, 0.15) is 80.2 Å². The van der Waals surface area contributed by atoms with Gasteiger partial charge in [0.05, 0.1) is 25.5 Å². The molecule has 0 radical (unpaired) electrons. The van der Waals surface area contributed by atoms with Gasteiger partial charge in [-0.05, 0) is 82.4 Å². The van der Waals surface area contributed by atoms with Crippen LogP contribution in [-0.2, 0) is 30.2 Å². The molecule has 1 aromatic carbocycles. The van der Waals surface area contributed by atoms with Gasteiger partial charge in [-0.1, -0.05) is 40.3 Å². The summed E-state index contributed by atoms with van der Waals surface area (Å²) in [6, 6.07) is 5.05. The highest BCUT2D eigenvalue weighted by Crippen LogP contribution is 2.38. The molecule has 0 bridgehead atoms. The van der Waals surface area contributed by atoms with Crippen molar-refractivity contribution in [1.29, 1.82) is 0 Å². The predicted molar refractivity (Wildman–Crippen MR) is 168 cm³/mol. The Morgan fingerprint density at radius 1 is 1.07 bits per heavy atom. The maximum atomic E-state index is 13.8. The van der Waals surface area contributed by atoms with Gasteiger partial charge in [-0.2, -0.15) is 0 Å². The van der Waals surface area contributed by atoms with Crippen molar-refractivity contribution in [2.45, 2.75) is 98.8 Å². The average Bonchev–Trinajstić information content (AvgIpc) is 2.90. The molecule has 4 atom stereocenters.